The number of amides is 2. The van der Waals surface area contributed by atoms with Crippen LogP contribution in [0, 0.1) is 0 Å². The second-order valence-corrected chi connectivity index (χ2v) is 9.12. The van der Waals surface area contributed by atoms with Gasteiger partial charge in [0, 0.05) is 42.6 Å². The van der Waals surface area contributed by atoms with Crippen molar-refractivity contribution in [1.29, 1.82) is 0 Å². The molecule has 3 aromatic rings. The lowest BCUT2D eigenvalue weighted by molar-refractivity contribution is 0.0222. The Balaban J connectivity index is 1.72. The molecule has 0 spiro atoms. The van der Waals surface area contributed by atoms with Crippen LogP contribution in [-0.4, -0.2) is 38.8 Å². The summed E-state index contributed by atoms with van der Waals surface area (Å²) < 4.78 is 7.16. The van der Waals surface area contributed by atoms with Gasteiger partial charge in [-0.3, -0.25) is 14.4 Å². The normalized spacial score (nSPS) is 13.4. The first-order chi connectivity index (χ1) is 15.6. The largest absolute Gasteiger partial charge is 0.444 e. The lowest BCUT2D eigenvalue weighted by Crippen LogP contribution is -2.40. The van der Waals surface area contributed by atoms with Crippen LogP contribution < -0.4 is 10.6 Å². The molecule has 8 nitrogen and oxygen atoms in total. The van der Waals surface area contributed by atoms with E-state index in [9.17, 15) is 9.59 Å². The highest BCUT2D eigenvalue weighted by Crippen LogP contribution is 2.31. The number of carbonyl (C=O) groups excluding carboxylic acids is 2. The molecular weight excluding hydrogens is 418 g/mol. The Hall–Kier alpha value is -3.81. The highest BCUT2D eigenvalue weighted by Gasteiger charge is 2.33. The number of nitrogens with two attached hydrogens (primary N) is 1. The molecule has 0 radical (unpaired) electrons. The van der Waals surface area contributed by atoms with Crippen molar-refractivity contribution in [3.63, 3.8) is 0 Å². The zero-order valence-corrected chi connectivity index (χ0v) is 19.4. The van der Waals surface area contributed by atoms with Gasteiger partial charge < -0.3 is 15.4 Å². The van der Waals surface area contributed by atoms with Crippen LogP contribution >= 0.6 is 0 Å². The Kier molecular flexibility index (Phi) is 5.84. The van der Waals surface area contributed by atoms with E-state index in [0.717, 1.165) is 16.9 Å². The van der Waals surface area contributed by atoms with Crippen molar-refractivity contribution in [3.05, 3.63) is 71.5 Å². The number of ether oxygens (including phenoxy) is 1. The fourth-order valence-corrected chi connectivity index (χ4v) is 3.94. The van der Waals surface area contributed by atoms with Gasteiger partial charge in [-0.1, -0.05) is 18.2 Å². The third kappa shape index (κ3) is 4.69. The SMILES string of the molecule is Cn1nc2c(c1C(=O)N(c1ccccc1)c1ccc(N)cc1)CN(C(=O)OC(C)(C)C)CC2. The summed E-state index contributed by atoms with van der Waals surface area (Å²) in [5.74, 6) is -0.228. The molecule has 172 valence electrons. The first kappa shape index (κ1) is 22.4. The van der Waals surface area contributed by atoms with E-state index in [1.54, 1.807) is 33.7 Å². The minimum Gasteiger partial charge on any atom is -0.444 e. The number of hydrogen-bond donors (Lipinski definition) is 1. The Morgan fingerprint density at radius 1 is 1.03 bits per heavy atom. The van der Waals surface area contributed by atoms with Gasteiger partial charge in [-0.05, 0) is 57.2 Å². The fourth-order valence-electron chi connectivity index (χ4n) is 3.94. The average Bonchev–Trinajstić information content (AvgIpc) is 3.09. The first-order valence-electron chi connectivity index (χ1n) is 10.9. The van der Waals surface area contributed by atoms with E-state index in [1.807, 2.05) is 63.2 Å². The Labute approximate surface area is 193 Å². The highest BCUT2D eigenvalue weighted by atomic mass is 16.6. The molecule has 0 unspecified atom stereocenters. The maximum Gasteiger partial charge on any atom is 0.410 e. The van der Waals surface area contributed by atoms with Gasteiger partial charge in [0.1, 0.15) is 11.3 Å². The van der Waals surface area contributed by atoms with Crippen LogP contribution in [0.1, 0.15) is 42.5 Å². The number of para-hydroxylation sites is 1. The minimum absolute atomic E-state index is 0.228. The maximum absolute atomic E-state index is 14.0. The van der Waals surface area contributed by atoms with E-state index in [0.29, 0.717) is 30.0 Å². The number of anilines is 3. The van der Waals surface area contributed by atoms with Gasteiger partial charge in [-0.15, -0.1) is 0 Å². The summed E-state index contributed by atoms with van der Waals surface area (Å²) in [5, 5.41) is 4.59. The number of rotatable bonds is 3. The van der Waals surface area contributed by atoms with E-state index in [-0.39, 0.29) is 12.5 Å². The number of aromatic nitrogens is 2. The third-order valence-corrected chi connectivity index (χ3v) is 5.42. The van der Waals surface area contributed by atoms with Gasteiger partial charge in [0.25, 0.3) is 5.91 Å². The quantitative estimate of drug-likeness (QED) is 0.605. The molecule has 0 atom stereocenters. The van der Waals surface area contributed by atoms with Crippen LogP contribution in [0.25, 0.3) is 0 Å². The van der Waals surface area contributed by atoms with Crippen LogP contribution in [0.5, 0.6) is 0 Å². The second kappa shape index (κ2) is 8.61. The van der Waals surface area contributed by atoms with Crippen molar-refractivity contribution in [2.24, 2.45) is 7.05 Å². The number of nitrogen functional groups attached to an aromatic ring is 1. The Bertz CT molecular complexity index is 1160. The second-order valence-electron chi connectivity index (χ2n) is 9.12. The molecule has 1 aromatic heterocycles. The third-order valence-electron chi connectivity index (χ3n) is 5.42. The summed E-state index contributed by atoms with van der Waals surface area (Å²) in [5.41, 5.74) is 9.32. The zero-order chi connectivity index (χ0) is 23.8. The Morgan fingerprint density at radius 2 is 1.67 bits per heavy atom. The van der Waals surface area contributed by atoms with Crippen LogP contribution in [0.15, 0.2) is 54.6 Å². The van der Waals surface area contributed by atoms with Crippen molar-refractivity contribution >= 4 is 29.1 Å². The van der Waals surface area contributed by atoms with Crippen molar-refractivity contribution < 1.29 is 14.3 Å². The van der Waals surface area contributed by atoms with Crippen LogP contribution in [0.2, 0.25) is 0 Å². The summed E-state index contributed by atoms with van der Waals surface area (Å²) in [6.07, 6.45) is 0.164. The first-order valence-corrected chi connectivity index (χ1v) is 10.9. The number of aryl methyl sites for hydroxylation is 1. The molecule has 0 bridgehead atoms. The number of hydrogen-bond acceptors (Lipinski definition) is 5. The summed E-state index contributed by atoms with van der Waals surface area (Å²) in [4.78, 5) is 29.9. The van der Waals surface area contributed by atoms with E-state index in [2.05, 4.69) is 5.10 Å². The molecule has 0 aliphatic carbocycles. The summed E-state index contributed by atoms with van der Waals surface area (Å²) in [6.45, 7) is 6.27. The van der Waals surface area contributed by atoms with Gasteiger partial charge in [0.05, 0.1) is 12.2 Å². The van der Waals surface area contributed by atoms with Crippen molar-refractivity contribution in [2.45, 2.75) is 39.3 Å². The average molecular weight is 448 g/mol. The molecule has 2 amide bonds. The topological polar surface area (TPSA) is 93.7 Å². The van der Waals surface area contributed by atoms with Gasteiger partial charge in [-0.2, -0.15) is 5.10 Å². The summed E-state index contributed by atoms with van der Waals surface area (Å²) in [7, 11) is 1.76. The molecule has 0 saturated heterocycles. The van der Waals surface area contributed by atoms with E-state index in [4.69, 9.17) is 10.5 Å². The van der Waals surface area contributed by atoms with Crippen molar-refractivity contribution in [3.8, 4) is 0 Å². The lowest BCUT2D eigenvalue weighted by Gasteiger charge is -2.30. The molecule has 1 aliphatic rings. The molecule has 2 aromatic carbocycles. The summed E-state index contributed by atoms with van der Waals surface area (Å²) in [6, 6.07) is 16.6. The lowest BCUT2D eigenvalue weighted by atomic mass is 10.0. The van der Waals surface area contributed by atoms with Crippen LogP contribution in [-0.2, 0) is 24.8 Å². The molecule has 1 aliphatic heterocycles. The Morgan fingerprint density at radius 3 is 2.30 bits per heavy atom. The number of benzene rings is 2. The number of nitrogens with zero attached hydrogens (tertiary/aromatic N) is 4. The molecule has 0 fully saturated rings. The van der Waals surface area contributed by atoms with Crippen molar-refractivity contribution in [2.75, 3.05) is 17.2 Å². The predicted molar refractivity (Wildman–Crippen MR) is 127 cm³/mol. The molecule has 2 heterocycles. The van der Waals surface area contributed by atoms with Crippen molar-refractivity contribution in [1.82, 2.24) is 14.7 Å². The minimum atomic E-state index is -0.593. The van der Waals surface area contributed by atoms with Crippen LogP contribution in [0.3, 0.4) is 0 Å². The molecule has 0 saturated carbocycles. The predicted octanol–water partition coefficient (Wildman–Crippen LogP) is 4.27. The van der Waals surface area contributed by atoms with Crippen LogP contribution in [0.4, 0.5) is 21.9 Å². The molecule has 33 heavy (non-hydrogen) atoms. The van der Waals surface area contributed by atoms with Gasteiger partial charge >= 0.3 is 6.09 Å². The molecule has 2 N–H and O–H groups in total. The van der Waals surface area contributed by atoms with E-state index < -0.39 is 11.7 Å². The molecule has 8 heteroatoms. The smallest absolute Gasteiger partial charge is 0.410 e. The molecular formula is C25H29N5O3. The van der Waals surface area contributed by atoms with Gasteiger partial charge in [0.15, 0.2) is 0 Å². The number of fused-ring (bicyclic) bond motifs is 1. The van der Waals surface area contributed by atoms with E-state index in [1.165, 1.54) is 0 Å². The monoisotopic (exact) mass is 447 g/mol. The van der Waals surface area contributed by atoms with Gasteiger partial charge in [-0.25, -0.2) is 4.79 Å². The molecule has 4 rings (SSSR count). The fraction of sp³-hybridized carbons (Fsp3) is 0.320. The maximum atomic E-state index is 14.0. The zero-order valence-electron chi connectivity index (χ0n) is 19.4. The number of carbonyl (C=O) groups is 2. The van der Waals surface area contributed by atoms with E-state index >= 15 is 0 Å². The van der Waals surface area contributed by atoms with Gasteiger partial charge in [0.2, 0.25) is 0 Å². The highest BCUT2D eigenvalue weighted by molar-refractivity contribution is 6.11. The standard InChI is InChI=1S/C25H29N5O3/c1-25(2,3)33-24(32)29-15-14-21-20(16-29)22(28(4)27-21)23(31)30(18-8-6-5-7-9-18)19-12-10-17(26)11-13-19/h5-13H,14-16,26H2,1-4H3. The summed E-state index contributed by atoms with van der Waals surface area (Å²) >= 11 is 0.